The van der Waals surface area contributed by atoms with E-state index >= 15 is 0 Å². The fraction of sp³-hybridized carbons (Fsp3) is 1.00. The Bertz CT molecular complexity index is 1080. The van der Waals surface area contributed by atoms with Gasteiger partial charge in [-0.25, -0.2) is 4.39 Å². The van der Waals surface area contributed by atoms with Gasteiger partial charge < -0.3 is 0 Å². The highest BCUT2D eigenvalue weighted by atomic mass is 19.4. The number of hydrogen-bond acceptors (Lipinski definition) is 4. The molecule has 0 aliphatic heterocycles. The number of ether oxygens (including phenoxy) is 4. The standard InChI is InChI=1S/C14HF29O4/c15-1(2(16,17)18)44-12(38,39)4(21,8(27,28)29)46-14(42,43)6(23,10(33,34)35)47-13(40,41)5(22,9(30,31)32)45-11(36,37)3(19,20)7(24,25)26/h1H. The second-order valence-electron chi connectivity index (χ2n) is 7.70. The van der Waals surface area contributed by atoms with E-state index in [1.807, 2.05) is 0 Å². The van der Waals surface area contributed by atoms with E-state index in [0.717, 1.165) is 14.2 Å². The molecule has 0 saturated carbocycles. The molecule has 0 aliphatic carbocycles. The van der Waals surface area contributed by atoms with Crippen molar-refractivity contribution in [3.05, 3.63) is 0 Å². The van der Waals surface area contributed by atoms with E-state index in [9.17, 15) is 127 Å². The Hall–Kier alpha value is -2.19. The van der Waals surface area contributed by atoms with Crippen LogP contribution in [0, 0.1) is 0 Å². The summed E-state index contributed by atoms with van der Waals surface area (Å²) in [7, 11) is 0. The van der Waals surface area contributed by atoms with Gasteiger partial charge in [-0.05, 0) is 0 Å². The average Bonchev–Trinajstić information content (AvgIpc) is 2.73. The molecule has 0 heterocycles. The van der Waals surface area contributed by atoms with Crippen LogP contribution in [0.4, 0.5) is 127 Å². The van der Waals surface area contributed by atoms with Crippen molar-refractivity contribution in [1.82, 2.24) is 0 Å². The summed E-state index contributed by atoms with van der Waals surface area (Å²) in [5.74, 6) is -35.1. The van der Waals surface area contributed by atoms with Crippen LogP contribution in [0.25, 0.3) is 0 Å². The highest BCUT2D eigenvalue weighted by molar-refractivity contribution is 4.98. The summed E-state index contributed by atoms with van der Waals surface area (Å²) in [6, 6.07) is 0. The molecule has 0 radical (unpaired) electrons. The van der Waals surface area contributed by atoms with Gasteiger partial charge in [0.2, 0.25) is 0 Å². The fourth-order valence-corrected chi connectivity index (χ4v) is 2.01. The van der Waals surface area contributed by atoms with Gasteiger partial charge in [0, 0.05) is 0 Å². The lowest BCUT2D eigenvalue weighted by Crippen LogP contribution is -2.71. The zero-order chi connectivity index (χ0) is 38.9. The van der Waals surface area contributed by atoms with E-state index in [1.54, 1.807) is 0 Å². The number of alkyl halides is 29. The van der Waals surface area contributed by atoms with Gasteiger partial charge in [0.15, 0.2) is 0 Å². The Balaban J connectivity index is 7.48. The first-order chi connectivity index (χ1) is 19.7. The van der Waals surface area contributed by atoms with Crippen molar-refractivity contribution in [2.75, 3.05) is 0 Å². The molecule has 0 amide bonds. The Morgan fingerprint density at radius 2 is 0.532 bits per heavy atom. The molecule has 0 aromatic carbocycles. The molecule has 47 heavy (non-hydrogen) atoms. The number of rotatable bonds is 12. The molecular weight excluding hydrogens is 783 g/mol. The van der Waals surface area contributed by atoms with E-state index in [1.165, 1.54) is 4.74 Å². The molecule has 4 atom stereocenters. The van der Waals surface area contributed by atoms with Crippen LogP contribution in [0.1, 0.15) is 0 Å². The van der Waals surface area contributed by atoms with Crippen LogP contribution in [0.15, 0.2) is 0 Å². The van der Waals surface area contributed by atoms with Gasteiger partial charge in [-0.15, -0.1) is 0 Å². The monoisotopic (exact) mass is 784 g/mol. The van der Waals surface area contributed by atoms with Gasteiger partial charge >= 0.3 is 78.8 Å². The third-order valence-electron chi connectivity index (χ3n) is 4.25. The normalized spacial score (nSPS) is 20.4. The summed E-state index contributed by atoms with van der Waals surface area (Å²) >= 11 is 0. The van der Waals surface area contributed by atoms with Gasteiger partial charge in [-0.3, -0.25) is 18.9 Å². The quantitative estimate of drug-likeness (QED) is 0.185. The molecule has 0 N–H and O–H groups in total. The summed E-state index contributed by atoms with van der Waals surface area (Å²) in [5, 5.41) is 0. The lowest BCUT2D eigenvalue weighted by Gasteiger charge is -2.43. The van der Waals surface area contributed by atoms with Crippen LogP contribution in [-0.4, -0.2) is 85.2 Å². The minimum absolute atomic E-state index is 0.844. The lowest BCUT2D eigenvalue weighted by atomic mass is 10.2. The summed E-state index contributed by atoms with van der Waals surface area (Å²) in [5.41, 5.74) is 0. The molecule has 0 aliphatic rings. The third kappa shape index (κ3) is 7.84. The van der Waals surface area contributed by atoms with Crippen LogP contribution in [-0.2, 0) is 18.9 Å². The second-order valence-corrected chi connectivity index (χ2v) is 7.70. The SMILES string of the molecule is FC(OC(F)(F)C(F)(OC(F)(F)C(F)(OC(F)(F)C(F)(OC(F)(F)C(F)(F)C(F)(F)F)C(F)(F)F)C(F)(F)F)C(F)(F)F)C(F)(F)F. The Kier molecular flexibility index (Phi) is 11.2. The first-order valence-corrected chi connectivity index (χ1v) is 9.46. The summed E-state index contributed by atoms with van der Waals surface area (Å²) in [6.07, 6.45) is -81.9. The van der Waals surface area contributed by atoms with Crippen molar-refractivity contribution in [1.29, 1.82) is 0 Å². The predicted octanol–water partition coefficient (Wildman–Crippen LogP) is 9.16. The molecular formula is C14HF29O4. The largest absolute Gasteiger partial charge is 0.462 e. The minimum Gasteiger partial charge on any atom is -0.272 e. The maximum atomic E-state index is 14.2. The van der Waals surface area contributed by atoms with E-state index in [4.69, 9.17) is 0 Å². The van der Waals surface area contributed by atoms with Gasteiger partial charge in [0.1, 0.15) is 0 Å². The fourth-order valence-electron chi connectivity index (χ4n) is 2.01. The molecule has 0 aromatic heterocycles. The summed E-state index contributed by atoms with van der Waals surface area (Å²) in [6.45, 7) is 0. The molecule has 0 spiro atoms. The molecule has 0 fully saturated rings. The van der Waals surface area contributed by atoms with Crippen LogP contribution in [0.5, 0.6) is 0 Å². The molecule has 0 rings (SSSR count). The molecule has 4 unspecified atom stereocenters. The lowest BCUT2D eigenvalue weighted by molar-refractivity contribution is -0.590. The van der Waals surface area contributed by atoms with Gasteiger partial charge in [0.25, 0.3) is 6.36 Å². The molecule has 33 heteroatoms. The van der Waals surface area contributed by atoms with E-state index in [0.29, 0.717) is 0 Å². The molecule has 284 valence electrons. The highest BCUT2D eigenvalue weighted by Gasteiger charge is 2.89. The van der Waals surface area contributed by atoms with Crippen LogP contribution in [0.2, 0.25) is 0 Å². The van der Waals surface area contributed by atoms with Gasteiger partial charge in [-0.2, -0.15) is 123 Å². The van der Waals surface area contributed by atoms with Crippen LogP contribution < -0.4 is 0 Å². The smallest absolute Gasteiger partial charge is 0.272 e. The van der Waals surface area contributed by atoms with Crippen molar-refractivity contribution in [2.45, 2.75) is 85.2 Å². The van der Waals surface area contributed by atoms with Crippen molar-refractivity contribution in [3.8, 4) is 0 Å². The highest BCUT2D eigenvalue weighted by Crippen LogP contribution is 2.60. The zero-order valence-electron chi connectivity index (χ0n) is 19.7. The topological polar surface area (TPSA) is 36.9 Å². The van der Waals surface area contributed by atoms with Crippen molar-refractivity contribution >= 4 is 0 Å². The molecule has 4 nitrogen and oxygen atoms in total. The van der Waals surface area contributed by atoms with E-state index in [2.05, 4.69) is 0 Å². The average molecular weight is 784 g/mol. The molecule has 0 aromatic rings. The van der Waals surface area contributed by atoms with Crippen LogP contribution >= 0.6 is 0 Å². The van der Waals surface area contributed by atoms with E-state index < -0.39 is 85.2 Å². The van der Waals surface area contributed by atoms with Crippen molar-refractivity contribution in [3.63, 3.8) is 0 Å². The maximum absolute atomic E-state index is 14.2. The third-order valence-corrected chi connectivity index (χ3v) is 4.25. The van der Waals surface area contributed by atoms with Crippen LogP contribution in [0.3, 0.4) is 0 Å². The Morgan fingerprint density at radius 3 is 0.745 bits per heavy atom. The first kappa shape index (κ1) is 44.8. The van der Waals surface area contributed by atoms with E-state index in [-0.39, 0.29) is 0 Å². The second kappa shape index (κ2) is 11.7. The Labute approximate surface area is 233 Å². The minimum atomic E-state index is -9.13. The number of halogens is 29. The maximum Gasteiger partial charge on any atom is 0.462 e. The predicted molar refractivity (Wildman–Crippen MR) is 75.8 cm³/mol. The first-order valence-electron chi connectivity index (χ1n) is 9.46. The summed E-state index contributed by atoms with van der Waals surface area (Å²) in [4.78, 5) is 0. The molecule has 0 bridgehead atoms. The Morgan fingerprint density at radius 1 is 0.298 bits per heavy atom. The van der Waals surface area contributed by atoms with Crippen molar-refractivity contribution in [2.24, 2.45) is 0 Å². The van der Waals surface area contributed by atoms with Crippen molar-refractivity contribution < 1.29 is 146 Å². The zero-order valence-corrected chi connectivity index (χ0v) is 19.7. The number of hydrogen-bond donors (Lipinski definition) is 0. The van der Waals surface area contributed by atoms with Gasteiger partial charge in [-0.1, -0.05) is 0 Å². The molecule has 0 saturated heterocycles. The van der Waals surface area contributed by atoms with Gasteiger partial charge in [0.05, 0.1) is 0 Å². The summed E-state index contributed by atoms with van der Waals surface area (Å²) < 4.78 is 381.